The van der Waals surface area contributed by atoms with Gasteiger partial charge in [0.25, 0.3) is 0 Å². The molecule has 0 bridgehead atoms. The van der Waals surface area contributed by atoms with Crippen molar-refractivity contribution in [3.63, 3.8) is 0 Å². The molecule has 0 aliphatic heterocycles. The Morgan fingerprint density at radius 1 is 0.344 bits per heavy atom. The zero-order chi connectivity index (χ0) is 44.4. The van der Waals surface area contributed by atoms with Crippen molar-refractivity contribution in [3.8, 4) is 0 Å². The maximum atomic E-state index is 12.8. The molecule has 61 heavy (non-hydrogen) atoms. The van der Waals surface area contributed by atoms with Crippen LogP contribution in [0.5, 0.6) is 0 Å². The van der Waals surface area contributed by atoms with E-state index in [-0.39, 0.29) is 31.1 Å². The lowest BCUT2D eigenvalue weighted by molar-refractivity contribution is -0.167. The smallest absolute Gasteiger partial charge is 0.306 e. The number of hydrogen-bond acceptors (Lipinski definition) is 6. The molecule has 0 aliphatic carbocycles. The van der Waals surface area contributed by atoms with Gasteiger partial charge in [0.15, 0.2) is 6.10 Å². The van der Waals surface area contributed by atoms with E-state index in [4.69, 9.17) is 14.2 Å². The minimum atomic E-state index is -0.815. The zero-order valence-corrected chi connectivity index (χ0v) is 38.9. The van der Waals surface area contributed by atoms with E-state index in [1.165, 1.54) is 19.3 Å². The van der Waals surface area contributed by atoms with Gasteiger partial charge in [0.2, 0.25) is 0 Å². The fraction of sp³-hybridized carbons (Fsp3) is 0.582. The Morgan fingerprint density at radius 2 is 0.672 bits per heavy atom. The van der Waals surface area contributed by atoms with Crippen LogP contribution in [0.2, 0.25) is 0 Å². The van der Waals surface area contributed by atoms with Crippen LogP contribution in [0, 0.1) is 0 Å². The lowest BCUT2D eigenvalue weighted by Gasteiger charge is -2.18. The summed E-state index contributed by atoms with van der Waals surface area (Å²) in [4.78, 5) is 37.9. The number of rotatable bonds is 41. The third-order valence-electron chi connectivity index (χ3n) is 9.50. The quantitative estimate of drug-likeness (QED) is 0.0201. The van der Waals surface area contributed by atoms with Crippen LogP contribution in [0.25, 0.3) is 0 Å². The van der Waals surface area contributed by atoms with Crippen LogP contribution >= 0.6 is 0 Å². The summed E-state index contributed by atoms with van der Waals surface area (Å²) < 4.78 is 16.7. The first-order chi connectivity index (χ1) is 30.0. The molecular formula is C55H86O6. The van der Waals surface area contributed by atoms with Crippen molar-refractivity contribution in [1.29, 1.82) is 0 Å². The summed E-state index contributed by atoms with van der Waals surface area (Å²) in [5.74, 6) is -1.01. The van der Waals surface area contributed by atoms with E-state index in [1.54, 1.807) is 0 Å². The molecule has 0 amide bonds. The van der Waals surface area contributed by atoms with Crippen molar-refractivity contribution in [1.82, 2.24) is 0 Å². The maximum Gasteiger partial charge on any atom is 0.306 e. The molecule has 1 unspecified atom stereocenters. The highest BCUT2D eigenvalue weighted by atomic mass is 16.6. The highest BCUT2D eigenvalue weighted by Gasteiger charge is 2.19. The summed E-state index contributed by atoms with van der Waals surface area (Å²) in [6.07, 6.45) is 66.1. The molecular weight excluding hydrogens is 757 g/mol. The SMILES string of the molecule is CC\C=C/C=C\C=C/CCCCCCCCCC(=O)OC(COC(=O)CCCC/C=C\C/C=C\C/C=C\CC)COC(=O)CCCCC/C=C\C/C=C\C/C=C\C/C=C\CC. The van der Waals surface area contributed by atoms with Gasteiger partial charge in [-0.25, -0.2) is 0 Å². The van der Waals surface area contributed by atoms with E-state index < -0.39 is 6.10 Å². The second-order valence-electron chi connectivity index (χ2n) is 15.3. The number of ether oxygens (including phenoxy) is 3. The molecule has 0 radical (unpaired) electrons. The average Bonchev–Trinajstić information content (AvgIpc) is 3.26. The van der Waals surface area contributed by atoms with Crippen molar-refractivity contribution in [2.24, 2.45) is 0 Å². The molecule has 0 aromatic heterocycles. The van der Waals surface area contributed by atoms with E-state index in [1.807, 2.05) is 0 Å². The summed E-state index contributed by atoms with van der Waals surface area (Å²) in [6.45, 7) is 6.17. The molecule has 0 fully saturated rings. The standard InChI is InChI=1S/C55H86O6/c1-4-7-10-13-16-19-22-25-27-29-30-33-36-39-42-45-48-54(57)60-51-52(50-59-53(56)47-44-41-38-35-32-24-21-18-15-12-9-6-3)61-55(58)49-46-43-40-37-34-31-28-26-23-20-17-14-11-8-5-2/h7-12,14,16-21,23,25,27,30,32-33,35,52H,4-6,13,15,22,24,26,28-29,31,34,36-51H2,1-3H3/b10-7-,11-8-,12-9-,17-14-,19-16-,21-18-,23-20-,27-25-,33-30-,35-32-. The number of allylic oxidation sites excluding steroid dienone is 20. The number of esters is 3. The van der Waals surface area contributed by atoms with Crippen molar-refractivity contribution < 1.29 is 28.6 Å². The average molecular weight is 843 g/mol. The van der Waals surface area contributed by atoms with Crippen molar-refractivity contribution in [2.75, 3.05) is 13.2 Å². The molecule has 0 N–H and O–H groups in total. The molecule has 0 spiro atoms. The number of carbonyl (C=O) groups excluding carboxylic acids is 3. The van der Waals surface area contributed by atoms with E-state index >= 15 is 0 Å². The van der Waals surface area contributed by atoms with Gasteiger partial charge >= 0.3 is 17.9 Å². The van der Waals surface area contributed by atoms with Gasteiger partial charge in [0.1, 0.15) is 13.2 Å². The third kappa shape index (κ3) is 46.7. The number of carbonyl (C=O) groups is 3. The Balaban J connectivity index is 4.53. The third-order valence-corrected chi connectivity index (χ3v) is 9.50. The summed E-state index contributed by atoms with van der Waals surface area (Å²) in [7, 11) is 0. The van der Waals surface area contributed by atoms with Crippen LogP contribution < -0.4 is 0 Å². The molecule has 0 rings (SSSR count). The fourth-order valence-electron chi connectivity index (χ4n) is 5.97. The first-order valence-corrected chi connectivity index (χ1v) is 24.1. The highest BCUT2D eigenvalue weighted by molar-refractivity contribution is 5.71. The topological polar surface area (TPSA) is 78.9 Å². The first kappa shape index (κ1) is 56.8. The van der Waals surface area contributed by atoms with Crippen LogP contribution in [0.4, 0.5) is 0 Å². The molecule has 0 aromatic carbocycles. The van der Waals surface area contributed by atoms with Crippen LogP contribution in [-0.4, -0.2) is 37.2 Å². The van der Waals surface area contributed by atoms with Crippen molar-refractivity contribution >= 4 is 17.9 Å². The Labute approximate surface area is 373 Å². The Morgan fingerprint density at radius 3 is 1.15 bits per heavy atom. The van der Waals surface area contributed by atoms with Gasteiger partial charge in [-0.3, -0.25) is 14.4 Å². The van der Waals surface area contributed by atoms with Crippen LogP contribution in [0.3, 0.4) is 0 Å². The van der Waals surface area contributed by atoms with E-state index in [2.05, 4.69) is 142 Å². The van der Waals surface area contributed by atoms with Crippen LogP contribution in [0.1, 0.15) is 188 Å². The van der Waals surface area contributed by atoms with E-state index in [9.17, 15) is 14.4 Å². The van der Waals surface area contributed by atoms with Gasteiger partial charge in [0.05, 0.1) is 0 Å². The van der Waals surface area contributed by atoms with Gasteiger partial charge in [-0.1, -0.05) is 181 Å². The number of hydrogen-bond donors (Lipinski definition) is 0. The molecule has 342 valence electrons. The molecule has 0 heterocycles. The van der Waals surface area contributed by atoms with Gasteiger partial charge in [0, 0.05) is 19.3 Å². The molecule has 0 aliphatic rings. The fourth-order valence-corrected chi connectivity index (χ4v) is 5.97. The zero-order valence-electron chi connectivity index (χ0n) is 38.9. The van der Waals surface area contributed by atoms with Crippen LogP contribution in [-0.2, 0) is 28.6 Å². The second-order valence-corrected chi connectivity index (χ2v) is 15.3. The molecule has 6 heteroatoms. The summed E-state index contributed by atoms with van der Waals surface area (Å²) in [5, 5.41) is 0. The normalized spacial score (nSPS) is 13.2. The molecule has 1 atom stereocenters. The van der Waals surface area contributed by atoms with E-state index in [0.717, 1.165) is 122 Å². The Kier molecular flexibility index (Phi) is 45.1. The largest absolute Gasteiger partial charge is 0.462 e. The minimum absolute atomic E-state index is 0.116. The van der Waals surface area contributed by atoms with Gasteiger partial charge in [-0.2, -0.15) is 0 Å². The Hall–Kier alpha value is -4.19. The summed E-state index contributed by atoms with van der Waals surface area (Å²) in [5.41, 5.74) is 0. The highest BCUT2D eigenvalue weighted by Crippen LogP contribution is 2.12. The van der Waals surface area contributed by atoms with Gasteiger partial charge < -0.3 is 14.2 Å². The second kappa shape index (κ2) is 48.5. The van der Waals surface area contributed by atoms with Gasteiger partial charge in [-0.15, -0.1) is 0 Å². The predicted octanol–water partition coefficient (Wildman–Crippen LogP) is 15.7. The summed E-state index contributed by atoms with van der Waals surface area (Å²) in [6, 6.07) is 0. The van der Waals surface area contributed by atoms with Crippen LogP contribution in [0.15, 0.2) is 122 Å². The van der Waals surface area contributed by atoms with Gasteiger partial charge in [-0.05, 0) is 109 Å². The summed E-state index contributed by atoms with van der Waals surface area (Å²) >= 11 is 0. The van der Waals surface area contributed by atoms with Crippen molar-refractivity contribution in [2.45, 2.75) is 194 Å². The molecule has 6 nitrogen and oxygen atoms in total. The molecule has 0 aromatic rings. The molecule has 0 saturated heterocycles. The number of unbranched alkanes of at least 4 members (excludes halogenated alkanes) is 12. The predicted molar refractivity (Wildman–Crippen MR) is 260 cm³/mol. The van der Waals surface area contributed by atoms with Crippen molar-refractivity contribution in [3.05, 3.63) is 122 Å². The lowest BCUT2D eigenvalue weighted by Crippen LogP contribution is -2.30. The Bertz CT molecular complexity index is 1340. The van der Waals surface area contributed by atoms with E-state index in [0.29, 0.717) is 25.7 Å². The molecule has 0 saturated carbocycles. The minimum Gasteiger partial charge on any atom is -0.462 e. The first-order valence-electron chi connectivity index (χ1n) is 24.1. The maximum absolute atomic E-state index is 12.8. The lowest BCUT2D eigenvalue weighted by atomic mass is 10.1. The monoisotopic (exact) mass is 843 g/mol.